The van der Waals surface area contributed by atoms with Crippen LogP contribution in [0, 0.1) is 17.3 Å². The molecule has 0 saturated heterocycles. The van der Waals surface area contributed by atoms with E-state index < -0.39 is 12.2 Å². The first-order valence-electron chi connectivity index (χ1n) is 10.7. The Labute approximate surface area is 153 Å². The van der Waals surface area contributed by atoms with Crippen molar-refractivity contribution in [2.45, 2.75) is 96.2 Å². The number of hydrogen-bond donors (Lipinski definition) is 2. The lowest BCUT2D eigenvalue weighted by atomic mass is 9.76. The molecule has 3 heteroatoms. The third-order valence-electron chi connectivity index (χ3n) is 7.02. The summed E-state index contributed by atoms with van der Waals surface area (Å²) in [5, 5.41) is 19.7. The molecule has 0 aromatic rings. The molecule has 0 spiro atoms. The van der Waals surface area contributed by atoms with Crippen molar-refractivity contribution in [3.63, 3.8) is 0 Å². The number of ether oxygens (including phenoxy) is 1. The van der Waals surface area contributed by atoms with Crippen LogP contribution < -0.4 is 0 Å². The molecule has 3 saturated carbocycles. The smallest absolute Gasteiger partial charge is 0.0802 e. The van der Waals surface area contributed by atoms with E-state index in [-0.39, 0.29) is 0 Å². The normalized spacial score (nSPS) is 33.4. The van der Waals surface area contributed by atoms with Crippen LogP contribution in [-0.2, 0) is 4.74 Å². The van der Waals surface area contributed by atoms with Gasteiger partial charge in [0.1, 0.15) is 0 Å². The summed E-state index contributed by atoms with van der Waals surface area (Å²) in [6, 6.07) is 0. The Hall–Kier alpha value is -0.380. The Balaban J connectivity index is 1.32. The molecular weight excluding hydrogens is 312 g/mol. The van der Waals surface area contributed by atoms with Gasteiger partial charge in [-0.25, -0.2) is 0 Å². The lowest BCUT2D eigenvalue weighted by molar-refractivity contribution is -0.0482. The highest BCUT2D eigenvalue weighted by molar-refractivity contribution is 5.02. The minimum atomic E-state index is -0.526. The number of rotatable bonds is 8. The monoisotopic (exact) mass is 350 g/mol. The molecule has 0 aromatic heterocycles. The van der Waals surface area contributed by atoms with Crippen molar-refractivity contribution in [1.29, 1.82) is 0 Å². The van der Waals surface area contributed by atoms with Gasteiger partial charge in [0.05, 0.1) is 25.4 Å². The zero-order valence-corrected chi connectivity index (χ0v) is 16.1. The third kappa shape index (κ3) is 5.55. The Morgan fingerprint density at radius 2 is 1.80 bits per heavy atom. The lowest BCUT2D eigenvalue weighted by Crippen LogP contribution is -2.38. The molecule has 3 unspecified atom stereocenters. The molecule has 3 aliphatic carbocycles. The van der Waals surface area contributed by atoms with Gasteiger partial charge in [0.2, 0.25) is 0 Å². The molecule has 3 nitrogen and oxygen atoms in total. The summed E-state index contributed by atoms with van der Waals surface area (Å²) in [5.41, 5.74) is 1.85. The molecule has 3 rings (SSSR count). The molecule has 0 aliphatic heterocycles. The Morgan fingerprint density at radius 3 is 2.48 bits per heavy atom. The molecule has 2 N–H and O–H groups in total. The van der Waals surface area contributed by atoms with Gasteiger partial charge in [-0.2, -0.15) is 0 Å². The van der Waals surface area contributed by atoms with Crippen LogP contribution in [0.2, 0.25) is 0 Å². The highest BCUT2D eigenvalue weighted by atomic mass is 16.5. The first-order chi connectivity index (χ1) is 12.1. The minimum Gasteiger partial charge on any atom is -0.390 e. The largest absolute Gasteiger partial charge is 0.390 e. The predicted octanol–water partition coefficient (Wildman–Crippen LogP) is 4.61. The maximum absolute atomic E-state index is 9.95. The highest BCUT2D eigenvalue weighted by Crippen LogP contribution is 2.56. The topological polar surface area (TPSA) is 49.7 Å². The van der Waals surface area contributed by atoms with Crippen LogP contribution in [0.4, 0.5) is 0 Å². The van der Waals surface area contributed by atoms with Gasteiger partial charge in [-0.3, -0.25) is 0 Å². The zero-order chi connectivity index (χ0) is 17.7. The zero-order valence-electron chi connectivity index (χ0n) is 16.1. The van der Waals surface area contributed by atoms with Crippen LogP contribution >= 0.6 is 0 Å². The summed E-state index contributed by atoms with van der Waals surface area (Å²) in [6.07, 6.45) is 15.8. The quantitative estimate of drug-likeness (QED) is 0.496. The summed E-state index contributed by atoms with van der Waals surface area (Å²) in [5.74, 6) is 1.46. The van der Waals surface area contributed by atoms with E-state index in [4.69, 9.17) is 4.74 Å². The van der Waals surface area contributed by atoms with E-state index in [0.29, 0.717) is 11.3 Å². The van der Waals surface area contributed by atoms with Crippen LogP contribution in [0.5, 0.6) is 0 Å². The molecule has 0 radical (unpaired) electrons. The van der Waals surface area contributed by atoms with E-state index in [1.165, 1.54) is 51.4 Å². The Morgan fingerprint density at radius 1 is 1.04 bits per heavy atom. The molecule has 3 fully saturated rings. The van der Waals surface area contributed by atoms with Gasteiger partial charge in [-0.15, -0.1) is 0 Å². The van der Waals surface area contributed by atoms with Gasteiger partial charge < -0.3 is 14.9 Å². The Kier molecular flexibility index (Phi) is 6.99. The van der Waals surface area contributed by atoms with E-state index >= 15 is 0 Å². The maximum Gasteiger partial charge on any atom is 0.0802 e. The van der Waals surface area contributed by atoms with Crippen LogP contribution in [0.25, 0.3) is 0 Å². The summed E-state index contributed by atoms with van der Waals surface area (Å²) in [4.78, 5) is 0. The van der Waals surface area contributed by atoms with Crippen molar-refractivity contribution in [3.8, 4) is 0 Å². The van der Waals surface area contributed by atoms with E-state index in [0.717, 1.165) is 44.8 Å². The second kappa shape index (κ2) is 9.01. The predicted molar refractivity (Wildman–Crippen MR) is 101 cm³/mol. The average molecular weight is 351 g/mol. The van der Waals surface area contributed by atoms with Gasteiger partial charge in [0, 0.05) is 0 Å². The van der Waals surface area contributed by atoms with E-state index in [2.05, 4.69) is 13.0 Å². The second-order valence-electron chi connectivity index (χ2n) is 9.11. The molecular formula is C22H38O3. The SMILES string of the molecule is C/C(=C\CCOCC1(C2CCC(O)C(O)C2)CC1)CC1CCCCC1. The van der Waals surface area contributed by atoms with Gasteiger partial charge in [0.25, 0.3) is 0 Å². The molecule has 0 heterocycles. The Bertz CT molecular complexity index is 435. The van der Waals surface area contributed by atoms with Crippen molar-refractivity contribution < 1.29 is 14.9 Å². The summed E-state index contributed by atoms with van der Waals surface area (Å²) in [7, 11) is 0. The van der Waals surface area contributed by atoms with E-state index in [1.54, 1.807) is 5.57 Å². The van der Waals surface area contributed by atoms with Crippen LogP contribution in [0.1, 0.15) is 84.0 Å². The minimum absolute atomic E-state index is 0.308. The number of aliphatic hydroxyl groups is 2. The standard InChI is InChI=1S/C22H38O3/c1-17(14-18-7-3-2-4-8-18)6-5-13-25-16-22(11-12-22)19-9-10-20(23)21(24)15-19/h6,18-21,23-24H,2-5,7-16H2,1H3/b17-6+. The fourth-order valence-corrected chi connectivity index (χ4v) is 5.11. The van der Waals surface area contributed by atoms with Crippen molar-refractivity contribution in [3.05, 3.63) is 11.6 Å². The average Bonchev–Trinajstić information content (AvgIpc) is 3.39. The van der Waals surface area contributed by atoms with Crippen molar-refractivity contribution in [2.24, 2.45) is 17.3 Å². The maximum atomic E-state index is 9.95. The molecule has 3 atom stereocenters. The fourth-order valence-electron chi connectivity index (χ4n) is 5.11. The van der Waals surface area contributed by atoms with Gasteiger partial charge in [-0.05, 0) is 69.1 Å². The number of hydrogen-bond acceptors (Lipinski definition) is 3. The van der Waals surface area contributed by atoms with Gasteiger partial charge in [0.15, 0.2) is 0 Å². The summed E-state index contributed by atoms with van der Waals surface area (Å²) < 4.78 is 6.03. The van der Waals surface area contributed by atoms with Crippen molar-refractivity contribution in [2.75, 3.05) is 13.2 Å². The van der Waals surface area contributed by atoms with Crippen LogP contribution in [0.15, 0.2) is 11.6 Å². The van der Waals surface area contributed by atoms with Crippen LogP contribution in [0.3, 0.4) is 0 Å². The first kappa shape index (κ1) is 19.4. The molecule has 0 amide bonds. The van der Waals surface area contributed by atoms with Crippen molar-refractivity contribution in [1.82, 2.24) is 0 Å². The lowest BCUT2D eigenvalue weighted by Gasteiger charge is -2.35. The molecule has 3 aliphatic rings. The summed E-state index contributed by atoms with van der Waals surface area (Å²) in [6.45, 7) is 3.95. The van der Waals surface area contributed by atoms with Gasteiger partial charge in [-0.1, -0.05) is 43.8 Å². The van der Waals surface area contributed by atoms with E-state index in [1.807, 2.05) is 0 Å². The number of aliphatic hydroxyl groups excluding tert-OH is 2. The first-order valence-corrected chi connectivity index (χ1v) is 10.7. The highest BCUT2D eigenvalue weighted by Gasteiger charge is 2.51. The third-order valence-corrected chi connectivity index (χ3v) is 7.02. The molecule has 0 bridgehead atoms. The second-order valence-corrected chi connectivity index (χ2v) is 9.11. The number of allylic oxidation sites excluding steroid dienone is 1. The molecule has 144 valence electrons. The van der Waals surface area contributed by atoms with Crippen LogP contribution in [-0.4, -0.2) is 35.6 Å². The van der Waals surface area contributed by atoms with E-state index in [9.17, 15) is 10.2 Å². The summed E-state index contributed by atoms with van der Waals surface area (Å²) >= 11 is 0. The van der Waals surface area contributed by atoms with Gasteiger partial charge >= 0.3 is 0 Å². The molecule has 0 aromatic carbocycles. The fraction of sp³-hybridized carbons (Fsp3) is 0.909. The van der Waals surface area contributed by atoms with Crippen molar-refractivity contribution >= 4 is 0 Å². The molecule has 25 heavy (non-hydrogen) atoms.